The second-order valence-corrected chi connectivity index (χ2v) is 7.24. The van der Waals surface area contributed by atoms with Gasteiger partial charge in [0.2, 0.25) is 11.8 Å². The number of carbonyl (C=O) groups excluding carboxylic acids is 2. The van der Waals surface area contributed by atoms with Crippen LogP contribution in [0.25, 0.3) is 0 Å². The molecule has 0 spiro atoms. The van der Waals surface area contributed by atoms with E-state index in [1.54, 1.807) is 35.2 Å². The van der Waals surface area contributed by atoms with E-state index in [4.69, 9.17) is 4.74 Å². The third-order valence-electron chi connectivity index (χ3n) is 4.46. The first kappa shape index (κ1) is 19.4. The van der Waals surface area contributed by atoms with Crippen LogP contribution in [0.15, 0.2) is 40.9 Å². The largest absolute Gasteiger partial charge is 0.494 e. The molecule has 0 saturated carbocycles. The summed E-state index contributed by atoms with van der Waals surface area (Å²) in [7, 11) is 1.53. The van der Waals surface area contributed by atoms with Crippen LogP contribution in [0.5, 0.6) is 5.75 Å². The summed E-state index contributed by atoms with van der Waals surface area (Å²) in [5.74, 6) is 0.0477. The third-order valence-corrected chi connectivity index (χ3v) is 4.96. The molecule has 0 unspecified atom stereocenters. The van der Waals surface area contributed by atoms with Crippen molar-refractivity contribution in [2.75, 3.05) is 23.9 Å². The molecule has 5 nitrogen and oxygen atoms in total. The molecule has 3 rings (SSSR count). The predicted molar refractivity (Wildman–Crippen MR) is 106 cm³/mol. The molecule has 0 atom stereocenters. The molecule has 1 N–H and O–H groups in total. The van der Waals surface area contributed by atoms with Crippen molar-refractivity contribution in [3.63, 3.8) is 0 Å². The molecule has 1 aliphatic heterocycles. The lowest BCUT2D eigenvalue weighted by molar-refractivity contribution is -0.117. The van der Waals surface area contributed by atoms with E-state index in [0.29, 0.717) is 46.5 Å². The Morgan fingerprint density at radius 3 is 2.78 bits per heavy atom. The molecule has 27 heavy (non-hydrogen) atoms. The van der Waals surface area contributed by atoms with Crippen LogP contribution in [-0.4, -0.2) is 25.5 Å². The monoisotopic (exact) mass is 434 g/mol. The highest BCUT2D eigenvalue weighted by Crippen LogP contribution is 2.33. The maximum absolute atomic E-state index is 13.8. The quantitative estimate of drug-likeness (QED) is 0.737. The molecule has 142 valence electrons. The van der Waals surface area contributed by atoms with E-state index in [-0.39, 0.29) is 24.1 Å². The van der Waals surface area contributed by atoms with Gasteiger partial charge in [-0.15, -0.1) is 0 Å². The van der Waals surface area contributed by atoms with Gasteiger partial charge in [0.05, 0.1) is 12.8 Å². The summed E-state index contributed by atoms with van der Waals surface area (Å²) in [6.45, 7) is 0.666. The maximum atomic E-state index is 13.8. The molecule has 1 aliphatic rings. The Bertz CT molecular complexity index is 872. The van der Waals surface area contributed by atoms with E-state index in [1.165, 1.54) is 13.2 Å². The van der Waals surface area contributed by atoms with Crippen molar-refractivity contribution in [3.05, 3.63) is 52.3 Å². The highest BCUT2D eigenvalue weighted by molar-refractivity contribution is 9.10. The number of hydrogen-bond donors (Lipinski definition) is 1. The first-order valence-corrected chi connectivity index (χ1v) is 9.49. The number of benzene rings is 2. The fourth-order valence-electron chi connectivity index (χ4n) is 3.08. The van der Waals surface area contributed by atoms with Gasteiger partial charge in [0.1, 0.15) is 11.6 Å². The van der Waals surface area contributed by atoms with Crippen LogP contribution in [0, 0.1) is 5.82 Å². The lowest BCUT2D eigenvalue weighted by Gasteiger charge is -2.19. The van der Waals surface area contributed by atoms with E-state index in [2.05, 4.69) is 21.2 Å². The number of hydrogen-bond acceptors (Lipinski definition) is 3. The Morgan fingerprint density at radius 1 is 1.30 bits per heavy atom. The van der Waals surface area contributed by atoms with Crippen LogP contribution in [0.4, 0.5) is 15.8 Å². The van der Waals surface area contributed by atoms with E-state index in [9.17, 15) is 14.0 Å². The smallest absolute Gasteiger partial charge is 0.227 e. The zero-order chi connectivity index (χ0) is 19.4. The first-order chi connectivity index (χ1) is 13.0. The van der Waals surface area contributed by atoms with Gasteiger partial charge in [-0.2, -0.15) is 0 Å². The number of amides is 2. The summed E-state index contributed by atoms with van der Waals surface area (Å²) in [5.41, 5.74) is 1.77. The van der Waals surface area contributed by atoms with Crippen molar-refractivity contribution in [3.8, 4) is 5.75 Å². The Labute approximate surface area is 165 Å². The number of anilines is 2. The number of nitrogens with zero attached hydrogens (tertiary/aromatic N) is 1. The number of carbonyl (C=O) groups is 2. The van der Waals surface area contributed by atoms with E-state index >= 15 is 0 Å². The maximum Gasteiger partial charge on any atom is 0.227 e. The Kier molecular flexibility index (Phi) is 6.11. The highest BCUT2D eigenvalue weighted by Gasteiger charge is 2.24. The van der Waals surface area contributed by atoms with Crippen molar-refractivity contribution in [2.45, 2.75) is 25.7 Å². The summed E-state index contributed by atoms with van der Waals surface area (Å²) >= 11 is 3.21. The van der Waals surface area contributed by atoms with Crippen molar-refractivity contribution in [1.29, 1.82) is 0 Å². The van der Waals surface area contributed by atoms with Gasteiger partial charge < -0.3 is 15.0 Å². The Hall–Kier alpha value is -2.41. The fourth-order valence-corrected chi connectivity index (χ4v) is 3.41. The standard InChI is InChI=1S/C20H20BrFN2O3/c1-27-18-12-15(7-8-17(18)24-10-2-3-20(24)26)23-19(25)9-5-13-4-6-14(21)11-16(13)22/h4,6-8,11-12H,2-3,5,9-10H2,1H3,(H,23,25). The van der Waals surface area contributed by atoms with Crippen LogP contribution < -0.4 is 15.0 Å². The average molecular weight is 435 g/mol. The number of rotatable bonds is 6. The molecular weight excluding hydrogens is 415 g/mol. The zero-order valence-electron chi connectivity index (χ0n) is 14.9. The van der Waals surface area contributed by atoms with Crippen molar-refractivity contribution in [1.82, 2.24) is 0 Å². The van der Waals surface area contributed by atoms with Crippen molar-refractivity contribution < 1.29 is 18.7 Å². The molecule has 1 heterocycles. The molecule has 0 radical (unpaired) electrons. The van der Waals surface area contributed by atoms with Gasteiger partial charge >= 0.3 is 0 Å². The van der Waals surface area contributed by atoms with Gasteiger partial charge in [-0.25, -0.2) is 4.39 Å². The summed E-state index contributed by atoms with van der Waals surface area (Å²) in [6, 6.07) is 10.0. The summed E-state index contributed by atoms with van der Waals surface area (Å²) < 4.78 is 19.9. The average Bonchev–Trinajstić information content (AvgIpc) is 3.06. The van der Waals surface area contributed by atoms with Crippen LogP contribution in [0.1, 0.15) is 24.8 Å². The van der Waals surface area contributed by atoms with E-state index in [1.807, 2.05) is 0 Å². The predicted octanol–water partition coefficient (Wildman–Crippen LogP) is 4.29. The number of aryl methyl sites for hydroxylation is 1. The zero-order valence-corrected chi connectivity index (χ0v) is 16.5. The second kappa shape index (κ2) is 8.52. The highest BCUT2D eigenvalue weighted by atomic mass is 79.9. The third kappa shape index (κ3) is 4.66. The minimum absolute atomic E-state index is 0.0709. The van der Waals surface area contributed by atoms with Gasteiger partial charge in [0, 0.05) is 35.6 Å². The number of nitrogens with one attached hydrogen (secondary N) is 1. The van der Waals surface area contributed by atoms with Crippen molar-refractivity contribution in [2.24, 2.45) is 0 Å². The Morgan fingerprint density at radius 2 is 2.11 bits per heavy atom. The lowest BCUT2D eigenvalue weighted by Crippen LogP contribution is -2.24. The minimum Gasteiger partial charge on any atom is -0.494 e. The molecule has 0 aliphatic carbocycles. The van der Waals surface area contributed by atoms with Crippen molar-refractivity contribution >= 4 is 39.1 Å². The molecule has 0 bridgehead atoms. The molecule has 1 saturated heterocycles. The van der Waals surface area contributed by atoms with E-state index < -0.39 is 0 Å². The molecule has 2 aromatic carbocycles. The second-order valence-electron chi connectivity index (χ2n) is 6.32. The van der Waals surface area contributed by atoms with Crippen LogP contribution in [-0.2, 0) is 16.0 Å². The number of methoxy groups -OCH3 is 1. The van der Waals surface area contributed by atoms with Gasteiger partial charge in [-0.3, -0.25) is 9.59 Å². The summed E-state index contributed by atoms with van der Waals surface area (Å²) in [6.07, 6.45) is 1.83. The molecule has 7 heteroatoms. The van der Waals surface area contributed by atoms with Crippen LogP contribution >= 0.6 is 15.9 Å². The number of halogens is 2. The molecule has 2 aromatic rings. The van der Waals surface area contributed by atoms with E-state index in [0.717, 1.165) is 6.42 Å². The molecular formula is C20H20BrFN2O3. The topological polar surface area (TPSA) is 58.6 Å². The minimum atomic E-state index is -0.335. The van der Waals surface area contributed by atoms with Gasteiger partial charge in [-0.1, -0.05) is 22.0 Å². The molecule has 2 amide bonds. The molecule has 1 fully saturated rings. The number of ether oxygens (including phenoxy) is 1. The lowest BCUT2D eigenvalue weighted by atomic mass is 10.1. The van der Waals surface area contributed by atoms with Gasteiger partial charge in [0.15, 0.2) is 0 Å². The van der Waals surface area contributed by atoms with Gasteiger partial charge in [-0.05, 0) is 42.7 Å². The summed E-state index contributed by atoms with van der Waals surface area (Å²) in [4.78, 5) is 25.8. The fraction of sp³-hybridized carbons (Fsp3) is 0.300. The van der Waals surface area contributed by atoms with Gasteiger partial charge in [0.25, 0.3) is 0 Å². The molecule has 0 aromatic heterocycles. The van der Waals surface area contributed by atoms with Crippen LogP contribution in [0.2, 0.25) is 0 Å². The Balaban J connectivity index is 1.64. The normalized spacial score (nSPS) is 13.7. The van der Waals surface area contributed by atoms with Crippen LogP contribution in [0.3, 0.4) is 0 Å². The summed E-state index contributed by atoms with van der Waals surface area (Å²) in [5, 5.41) is 2.79. The first-order valence-electron chi connectivity index (χ1n) is 8.70. The SMILES string of the molecule is COc1cc(NC(=O)CCc2ccc(Br)cc2F)ccc1N1CCCC1=O.